The number of carboxylic acids is 1. The number of benzene rings is 2. The Hall–Kier alpha value is -3.37. The van der Waals surface area contributed by atoms with Crippen molar-refractivity contribution < 1.29 is 19.5 Å². The topological polar surface area (TPSA) is 110 Å². The smallest absolute Gasteiger partial charge is 0.335 e. The van der Waals surface area contributed by atoms with Crippen molar-refractivity contribution in [1.82, 2.24) is 10.2 Å². The fourth-order valence-electron chi connectivity index (χ4n) is 2.99. The first-order valence-electron chi connectivity index (χ1n) is 9.26. The molecule has 0 aliphatic carbocycles. The zero-order valence-corrected chi connectivity index (χ0v) is 17.6. The summed E-state index contributed by atoms with van der Waals surface area (Å²) in [5, 5.41) is 21.3. The number of carbonyl (C=O) groups is 3. The molecule has 0 aliphatic rings. The maximum Gasteiger partial charge on any atom is 0.335 e. The van der Waals surface area contributed by atoms with Crippen molar-refractivity contribution in [3.05, 3.63) is 58.6 Å². The van der Waals surface area contributed by atoms with Crippen LogP contribution >= 0.6 is 11.6 Å². The highest BCUT2D eigenvalue weighted by atomic mass is 35.5. The molecule has 2 aromatic rings. The highest BCUT2D eigenvalue weighted by molar-refractivity contribution is 6.33. The molecule has 0 saturated carbocycles. The summed E-state index contributed by atoms with van der Waals surface area (Å²) in [6.07, 6.45) is 2.11. The number of carboxylic acid groups (broad SMARTS) is 1. The van der Waals surface area contributed by atoms with Crippen molar-refractivity contribution in [2.45, 2.75) is 26.3 Å². The zero-order chi connectivity index (χ0) is 22.4. The summed E-state index contributed by atoms with van der Waals surface area (Å²) in [6, 6.07) is 9.95. The SMILES string of the molecule is CC(C)C[C@H](NC(=O)c1ccccc1-c1cc(C(=O)O)ccc1Cl)C(=O)N(C)C#N. The van der Waals surface area contributed by atoms with E-state index >= 15 is 0 Å². The molecule has 0 fully saturated rings. The van der Waals surface area contributed by atoms with Gasteiger partial charge in [0.05, 0.1) is 5.56 Å². The van der Waals surface area contributed by atoms with Crippen molar-refractivity contribution in [3.8, 4) is 17.3 Å². The maximum atomic E-state index is 13.1. The van der Waals surface area contributed by atoms with E-state index in [1.54, 1.807) is 30.5 Å². The summed E-state index contributed by atoms with van der Waals surface area (Å²) in [7, 11) is 1.34. The second-order valence-corrected chi connectivity index (χ2v) is 7.61. The van der Waals surface area contributed by atoms with Crippen LogP contribution in [0.3, 0.4) is 0 Å². The van der Waals surface area contributed by atoms with Crippen LogP contribution in [-0.4, -0.2) is 40.9 Å². The predicted octanol–water partition coefficient (Wildman–Crippen LogP) is 3.79. The Bertz CT molecular complexity index is 1010. The van der Waals surface area contributed by atoms with Gasteiger partial charge >= 0.3 is 5.97 Å². The molecule has 0 spiro atoms. The van der Waals surface area contributed by atoms with Gasteiger partial charge in [-0.1, -0.05) is 43.6 Å². The van der Waals surface area contributed by atoms with Gasteiger partial charge in [0.2, 0.25) is 0 Å². The highest BCUT2D eigenvalue weighted by Crippen LogP contribution is 2.31. The van der Waals surface area contributed by atoms with Crippen molar-refractivity contribution in [1.29, 1.82) is 5.26 Å². The number of hydrogen-bond acceptors (Lipinski definition) is 4. The van der Waals surface area contributed by atoms with Crippen LogP contribution in [0.1, 0.15) is 41.0 Å². The number of halogens is 1. The lowest BCUT2D eigenvalue weighted by atomic mass is 9.96. The molecule has 0 unspecified atom stereocenters. The van der Waals surface area contributed by atoms with E-state index < -0.39 is 23.8 Å². The average Bonchev–Trinajstić information content (AvgIpc) is 2.71. The lowest BCUT2D eigenvalue weighted by molar-refractivity contribution is -0.129. The third kappa shape index (κ3) is 5.37. The van der Waals surface area contributed by atoms with Crippen LogP contribution in [0.25, 0.3) is 11.1 Å². The van der Waals surface area contributed by atoms with Crippen LogP contribution in [0, 0.1) is 17.4 Å². The number of likely N-dealkylation sites (N-methyl/N-ethyl adjacent to an activating group) is 1. The van der Waals surface area contributed by atoms with Crippen molar-refractivity contribution in [3.63, 3.8) is 0 Å². The second-order valence-electron chi connectivity index (χ2n) is 7.20. The number of hydrogen-bond donors (Lipinski definition) is 2. The largest absolute Gasteiger partial charge is 0.478 e. The van der Waals surface area contributed by atoms with Gasteiger partial charge in [-0.2, -0.15) is 5.26 Å². The standard InChI is InChI=1S/C22H22ClN3O4/c1-13(2)10-19(21(28)26(3)12-24)25-20(27)16-7-5-4-6-15(16)17-11-14(22(29)30)8-9-18(17)23/h4-9,11,13,19H,10H2,1-3H3,(H,25,27)(H,29,30)/t19-/m0/s1. The number of nitrogens with zero attached hydrogens (tertiary/aromatic N) is 2. The van der Waals surface area contributed by atoms with Crippen molar-refractivity contribution in [2.24, 2.45) is 5.92 Å². The fourth-order valence-corrected chi connectivity index (χ4v) is 3.21. The van der Waals surface area contributed by atoms with Crippen LogP contribution in [0.15, 0.2) is 42.5 Å². The van der Waals surface area contributed by atoms with Crippen LogP contribution < -0.4 is 5.32 Å². The van der Waals surface area contributed by atoms with E-state index in [-0.39, 0.29) is 17.0 Å². The van der Waals surface area contributed by atoms with Crippen LogP contribution in [0.4, 0.5) is 0 Å². The summed E-state index contributed by atoms with van der Waals surface area (Å²) in [6.45, 7) is 3.81. The highest BCUT2D eigenvalue weighted by Gasteiger charge is 2.26. The van der Waals surface area contributed by atoms with E-state index in [9.17, 15) is 19.5 Å². The minimum absolute atomic E-state index is 0.0353. The number of nitrogens with one attached hydrogen (secondary N) is 1. The lowest BCUT2D eigenvalue weighted by Crippen LogP contribution is -2.46. The number of nitriles is 1. The van der Waals surface area contributed by atoms with E-state index in [0.29, 0.717) is 22.6 Å². The first-order chi connectivity index (χ1) is 14.1. The molecule has 0 aromatic heterocycles. The van der Waals surface area contributed by atoms with Gasteiger partial charge in [-0.25, -0.2) is 4.79 Å². The Kier molecular flexibility index (Phi) is 7.56. The summed E-state index contributed by atoms with van der Waals surface area (Å²) < 4.78 is 0. The molecule has 30 heavy (non-hydrogen) atoms. The molecule has 2 amide bonds. The molecule has 7 nitrogen and oxygen atoms in total. The van der Waals surface area contributed by atoms with E-state index in [4.69, 9.17) is 16.9 Å². The average molecular weight is 428 g/mol. The Morgan fingerprint density at radius 1 is 1.17 bits per heavy atom. The number of aromatic carboxylic acids is 1. The van der Waals surface area contributed by atoms with Crippen LogP contribution in [-0.2, 0) is 4.79 Å². The monoisotopic (exact) mass is 427 g/mol. The molecule has 2 N–H and O–H groups in total. The molecule has 2 rings (SSSR count). The van der Waals surface area contributed by atoms with Gasteiger partial charge in [-0.3, -0.25) is 14.5 Å². The third-order valence-electron chi connectivity index (χ3n) is 4.47. The minimum Gasteiger partial charge on any atom is -0.478 e. The number of amides is 2. The van der Waals surface area contributed by atoms with Crippen molar-refractivity contribution in [2.75, 3.05) is 7.05 Å². The predicted molar refractivity (Wildman–Crippen MR) is 113 cm³/mol. The van der Waals surface area contributed by atoms with Gasteiger partial charge in [-0.05, 0) is 42.2 Å². The van der Waals surface area contributed by atoms with Gasteiger partial charge in [0.1, 0.15) is 6.04 Å². The molecule has 2 aromatic carbocycles. The summed E-state index contributed by atoms with van der Waals surface area (Å²) in [5.74, 6) is -2.05. The molecule has 8 heteroatoms. The Labute approximate surface area is 179 Å². The van der Waals surface area contributed by atoms with Crippen LogP contribution in [0.2, 0.25) is 5.02 Å². The van der Waals surface area contributed by atoms with E-state index in [1.807, 2.05) is 13.8 Å². The normalized spacial score (nSPS) is 11.5. The van der Waals surface area contributed by atoms with Gasteiger partial charge < -0.3 is 10.4 Å². The Morgan fingerprint density at radius 3 is 2.43 bits per heavy atom. The fraction of sp³-hybridized carbons (Fsp3) is 0.273. The molecule has 0 radical (unpaired) electrons. The lowest BCUT2D eigenvalue weighted by Gasteiger charge is -2.22. The molecule has 156 valence electrons. The molecular formula is C22H22ClN3O4. The first kappa shape index (κ1) is 22.9. The van der Waals surface area contributed by atoms with E-state index in [2.05, 4.69) is 5.32 Å². The van der Waals surface area contributed by atoms with E-state index in [0.717, 1.165) is 4.90 Å². The van der Waals surface area contributed by atoms with Crippen LogP contribution in [0.5, 0.6) is 0 Å². The molecule has 1 atom stereocenters. The van der Waals surface area contributed by atoms with Gasteiger partial charge in [0.25, 0.3) is 11.8 Å². The second kappa shape index (κ2) is 9.90. The van der Waals surface area contributed by atoms with Gasteiger partial charge in [-0.15, -0.1) is 0 Å². The zero-order valence-electron chi connectivity index (χ0n) is 16.8. The number of rotatable bonds is 7. The third-order valence-corrected chi connectivity index (χ3v) is 4.80. The molecule has 0 bridgehead atoms. The Balaban J connectivity index is 2.45. The molecule has 0 saturated heterocycles. The van der Waals surface area contributed by atoms with Gasteiger partial charge in [0.15, 0.2) is 6.19 Å². The molecule has 0 aliphatic heterocycles. The number of carbonyl (C=O) groups excluding carboxylic acids is 2. The van der Waals surface area contributed by atoms with Gasteiger partial charge in [0, 0.05) is 23.2 Å². The summed E-state index contributed by atoms with van der Waals surface area (Å²) in [4.78, 5) is 37.8. The quantitative estimate of drug-likeness (QED) is 0.516. The summed E-state index contributed by atoms with van der Waals surface area (Å²) in [5.41, 5.74) is 1.10. The molecule has 0 heterocycles. The Morgan fingerprint density at radius 2 is 1.83 bits per heavy atom. The maximum absolute atomic E-state index is 13.1. The van der Waals surface area contributed by atoms with E-state index in [1.165, 1.54) is 25.2 Å². The molecular weight excluding hydrogens is 406 g/mol. The first-order valence-corrected chi connectivity index (χ1v) is 9.63. The summed E-state index contributed by atoms with van der Waals surface area (Å²) >= 11 is 6.28. The van der Waals surface area contributed by atoms with Crippen molar-refractivity contribution >= 4 is 29.4 Å². The minimum atomic E-state index is -1.11.